The third-order valence-corrected chi connectivity index (χ3v) is 5.52. The van der Waals surface area contributed by atoms with Crippen molar-refractivity contribution in [1.29, 1.82) is 0 Å². The van der Waals surface area contributed by atoms with Crippen molar-refractivity contribution in [2.45, 2.75) is 71.1 Å². The zero-order valence-electron chi connectivity index (χ0n) is 12.2. The van der Waals surface area contributed by atoms with E-state index in [1.165, 1.54) is 37.9 Å². The van der Waals surface area contributed by atoms with Crippen molar-refractivity contribution in [2.75, 3.05) is 12.3 Å². The molecule has 0 radical (unpaired) electrons. The van der Waals surface area contributed by atoms with Crippen LogP contribution < -0.4 is 5.32 Å². The molecular formula is C15H31NS. The summed E-state index contributed by atoms with van der Waals surface area (Å²) >= 11 is 2.22. The Labute approximate surface area is 113 Å². The van der Waals surface area contributed by atoms with Gasteiger partial charge in [0.25, 0.3) is 0 Å². The predicted molar refractivity (Wildman–Crippen MR) is 80.8 cm³/mol. The first-order valence-corrected chi connectivity index (χ1v) is 8.57. The average molecular weight is 257 g/mol. The third-order valence-electron chi connectivity index (χ3n) is 3.71. The minimum atomic E-state index is 0.775. The van der Waals surface area contributed by atoms with Crippen LogP contribution >= 0.6 is 11.8 Å². The van der Waals surface area contributed by atoms with E-state index in [2.05, 4.69) is 44.8 Å². The molecule has 17 heavy (non-hydrogen) atoms. The summed E-state index contributed by atoms with van der Waals surface area (Å²) in [5.41, 5.74) is 0. The van der Waals surface area contributed by atoms with Crippen LogP contribution in [0.25, 0.3) is 0 Å². The Kier molecular flexibility index (Phi) is 7.61. The number of rotatable bonds is 7. The van der Waals surface area contributed by atoms with E-state index in [0.717, 1.165) is 29.7 Å². The summed E-state index contributed by atoms with van der Waals surface area (Å²) in [5.74, 6) is 3.15. The quantitative estimate of drug-likeness (QED) is 0.729. The van der Waals surface area contributed by atoms with Gasteiger partial charge in [0, 0.05) is 11.3 Å². The molecule has 0 spiro atoms. The van der Waals surface area contributed by atoms with Gasteiger partial charge in [-0.25, -0.2) is 0 Å². The first-order chi connectivity index (χ1) is 8.17. The van der Waals surface area contributed by atoms with Crippen LogP contribution in [0.3, 0.4) is 0 Å². The van der Waals surface area contributed by atoms with Crippen LogP contribution in [0.15, 0.2) is 0 Å². The summed E-state index contributed by atoms with van der Waals surface area (Å²) in [6.07, 6.45) is 7.09. The van der Waals surface area contributed by atoms with Crippen molar-refractivity contribution < 1.29 is 0 Å². The topological polar surface area (TPSA) is 12.0 Å². The molecular weight excluding hydrogens is 226 g/mol. The fourth-order valence-corrected chi connectivity index (χ4v) is 4.38. The Hall–Kier alpha value is 0.310. The summed E-state index contributed by atoms with van der Waals surface area (Å²) in [6.45, 7) is 10.4. The summed E-state index contributed by atoms with van der Waals surface area (Å²) in [4.78, 5) is 0. The SMILES string of the molecule is CCCC1CCC(NCC)C(SCC(C)C)C1. The molecule has 1 rings (SSSR count). The van der Waals surface area contributed by atoms with Gasteiger partial charge in [-0.15, -0.1) is 0 Å². The standard InChI is InChI=1S/C15H31NS/c1-5-7-13-8-9-14(16-6-2)15(10-13)17-11-12(3)4/h12-16H,5-11H2,1-4H3. The number of hydrogen-bond acceptors (Lipinski definition) is 2. The van der Waals surface area contributed by atoms with Crippen LogP contribution in [-0.4, -0.2) is 23.6 Å². The fraction of sp³-hybridized carbons (Fsp3) is 1.00. The molecule has 0 saturated heterocycles. The molecule has 3 atom stereocenters. The van der Waals surface area contributed by atoms with Crippen LogP contribution in [0.4, 0.5) is 0 Å². The highest BCUT2D eigenvalue weighted by molar-refractivity contribution is 7.99. The first-order valence-electron chi connectivity index (χ1n) is 7.52. The van der Waals surface area contributed by atoms with Gasteiger partial charge >= 0.3 is 0 Å². The monoisotopic (exact) mass is 257 g/mol. The van der Waals surface area contributed by atoms with Crippen LogP contribution in [0.1, 0.15) is 59.8 Å². The summed E-state index contributed by atoms with van der Waals surface area (Å²) in [5, 5.41) is 4.56. The maximum Gasteiger partial charge on any atom is 0.0203 e. The Morgan fingerprint density at radius 1 is 1.24 bits per heavy atom. The zero-order chi connectivity index (χ0) is 12.7. The molecule has 102 valence electrons. The lowest BCUT2D eigenvalue weighted by Crippen LogP contribution is -2.42. The summed E-state index contributed by atoms with van der Waals surface area (Å²) < 4.78 is 0. The van der Waals surface area contributed by atoms with Gasteiger partial charge in [-0.3, -0.25) is 0 Å². The van der Waals surface area contributed by atoms with Crippen LogP contribution in [0.2, 0.25) is 0 Å². The van der Waals surface area contributed by atoms with Gasteiger partial charge in [-0.1, -0.05) is 40.5 Å². The van der Waals surface area contributed by atoms with Crippen molar-refractivity contribution in [3.63, 3.8) is 0 Å². The van der Waals surface area contributed by atoms with E-state index >= 15 is 0 Å². The van der Waals surface area contributed by atoms with Gasteiger partial charge in [-0.05, 0) is 43.4 Å². The molecule has 0 aromatic rings. The Bertz CT molecular complexity index is 193. The molecule has 3 unspecified atom stereocenters. The van der Waals surface area contributed by atoms with Gasteiger partial charge < -0.3 is 5.32 Å². The Balaban J connectivity index is 2.43. The van der Waals surface area contributed by atoms with E-state index < -0.39 is 0 Å². The van der Waals surface area contributed by atoms with Gasteiger partial charge in [0.15, 0.2) is 0 Å². The van der Waals surface area contributed by atoms with Crippen molar-refractivity contribution >= 4 is 11.8 Å². The average Bonchev–Trinajstić information content (AvgIpc) is 2.29. The zero-order valence-corrected chi connectivity index (χ0v) is 13.0. The smallest absolute Gasteiger partial charge is 0.0203 e. The summed E-state index contributed by atoms with van der Waals surface area (Å²) in [6, 6.07) is 0.775. The largest absolute Gasteiger partial charge is 0.313 e. The van der Waals surface area contributed by atoms with Crippen molar-refractivity contribution in [3.8, 4) is 0 Å². The second kappa shape index (κ2) is 8.42. The number of thioether (sulfide) groups is 1. The van der Waals surface area contributed by atoms with Crippen LogP contribution in [0, 0.1) is 11.8 Å². The van der Waals surface area contributed by atoms with Gasteiger partial charge in [0.2, 0.25) is 0 Å². The minimum Gasteiger partial charge on any atom is -0.313 e. The highest BCUT2D eigenvalue weighted by Gasteiger charge is 2.29. The number of hydrogen-bond donors (Lipinski definition) is 1. The fourth-order valence-electron chi connectivity index (χ4n) is 2.88. The lowest BCUT2D eigenvalue weighted by atomic mass is 9.83. The Morgan fingerprint density at radius 3 is 2.59 bits per heavy atom. The molecule has 0 heterocycles. The minimum absolute atomic E-state index is 0.775. The normalized spacial score (nSPS) is 29.8. The molecule has 0 amide bonds. The molecule has 0 aromatic heterocycles. The molecule has 1 aliphatic carbocycles. The van der Waals surface area contributed by atoms with Gasteiger partial charge in [0.05, 0.1) is 0 Å². The number of nitrogens with one attached hydrogen (secondary N) is 1. The second-order valence-corrected chi connectivity index (χ2v) is 7.17. The third kappa shape index (κ3) is 5.65. The van der Waals surface area contributed by atoms with E-state index in [-0.39, 0.29) is 0 Å². The lowest BCUT2D eigenvalue weighted by molar-refractivity contribution is 0.289. The first kappa shape index (κ1) is 15.4. The van der Waals surface area contributed by atoms with Crippen LogP contribution in [0.5, 0.6) is 0 Å². The van der Waals surface area contributed by atoms with E-state index in [0.29, 0.717) is 0 Å². The molecule has 0 bridgehead atoms. The highest BCUT2D eigenvalue weighted by Crippen LogP contribution is 2.35. The van der Waals surface area contributed by atoms with Crippen molar-refractivity contribution in [2.24, 2.45) is 11.8 Å². The van der Waals surface area contributed by atoms with Gasteiger partial charge in [0.1, 0.15) is 0 Å². The maximum atomic E-state index is 3.70. The van der Waals surface area contributed by atoms with E-state index in [1.54, 1.807) is 0 Å². The molecule has 1 fully saturated rings. The molecule has 1 nitrogen and oxygen atoms in total. The van der Waals surface area contributed by atoms with E-state index in [1.807, 2.05) is 0 Å². The van der Waals surface area contributed by atoms with Crippen molar-refractivity contribution in [1.82, 2.24) is 5.32 Å². The van der Waals surface area contributed by atoms with E-state index in [9.17, 15) is 0 Å². The molecule has 1 aliphatic rings. The van der Waals surface area contributed by atoms with Crippen molar-refractivity contribution in [3.05, 3.63) is 0 Å². The summed E-state index contributed by atoms with van der Waals surface area (Å²) in [7, 11) is 0. The van der Waals surface area contributed by atoms with Gasteiger partial charge in [-0.2, -0.15) is 11.8 Å². The lowest BCUT2D eigenvalue weighted by Gasteiger charge is -2.36. The highest BCUT2D eigenvalue weighted by atomic mass is 32.2. The molecule has 0 aromatic carbocycles. The molecule has 1 N–H and O–H groups in total. The van der Waals surface area contributed by atoms with Crippen LogP contribution in [-0.2, 0) is 0 Å². The molecule has 0 aliphatic heterocycles. The predicted octanol–water partition coefficient (Wildman–Crippen LogP) is 4.32. The molecule has 1 saturated carbocycles. The Morgan fingerprint density at radius 2 is 2.00 bits per heavy atom. The second-order valence-electron chi connectivity index (χ2n) is 5.90. The maximum absolute atomic E-state index is 3.70. The molecule has 2 heteroatoms. The van der Waals surface area contributed by atoms with E-state index in [4.69, 9.17) is 0 Å².